The van der Waals surface area contributed by atoms with Crippen molar-refractivity contribution < 1.29 is 9.59 Å². The molecule has 0 saturated heterocycles. The van der Waals surface area contributed by atoms with E-state index >= 15 is 0 Å². The Balaban J connectivity index is 1.65. The number of carbonyl (C=O) groups is 2. The first-order valence-electron chi connectivity index (χ1n) is 7.93. The van der Waals surface area contributed by atoms with Gasteiger partial charge in [0.05, 0.1) is 6.42 Å². The Labute approximate surface area is 135 Å². The summed E-state index contributed by atoms with van der Waals surface area (Å²) in [7, 11) is 0. The first kappa shape index (κ1) is 15.3. The van der Waals surface area contributed by atoms with Crippen molar-refractivity contribution in [3.05, 3.63) is 59.7 Å². The van der Waals surface area contributed by atoms with E-state index < -0.39 is 0 Å². The van der Waals surface area contributed by atoms with Gasteiger partial charge in [0, 0.05) is 17.8 Å². The maximum atomic E-state index is 12.3. The lowest BCUT2D eigenvalue weighted by Crippen LogP contribution is -2.15. The molecular formula is C19H20N2O2. The maximum Gasteiger partial charge on any atom is 0.228 e. The van der Waals surface area contributed by atoms with E-state index in [4.69, 9.17) is 0 Å². The molecule has 3 rings (SSSR count). The lowest BCUT2D eigenvalue weighted by molar-refractivity contribution is -0.116. The molecule has 0 spiro atoms. The van der Waals surface area contributed by atoms with Crippen molar-refractivity contribution in [2.45, 2.75) is 32.1 Å². The van der Waals surface area contributed by atoms with Crippen molar-refractivity contribution in [3.8, 4) is 0 Å². The normalized spacial score (nSPS) is 14.0. The predicted molar refractivity (Wildman–Crippen MR) is 91.5 cm³/mol. The topological polar surface area (TPSA) is 58.2 Å². The van der Waals surface area contributed by atoms with Crippen LogP contribution >= 0.6 is 0 Å². The summed E-state index contributed by atoms with van der Waals surface area (Å²) >= 11 is 0. The Kier molecular flexibility index (Phi) is 4.42. The van der Waals surface area contributed by atoms with E-state index in [-0.39, 0.29) is 17.7 Å². The monoisotopic (exact) mass is 308 g/mol. The summed E-state index contributed by atoms with van der Waals surface area (Å²) in [6.45, 7) is 2.09. The standard InChI is InChI=1S/C19H20N2O2/c1-2-13(14-6-4-3-5-7-14)11-18(22)20-16-8-9-17-15(10-16)12-19(23)21-17/h3-10,13H,2,11-12H2,1H3,(H,20,22)(H,21,23)/t13-/m0/s1. The Morgan fingerprint density at radius 2 is 2.00 bits per heavy atom. The lowest BCUT2D eigenvalue weighted by Gasteiger charge is -2.15. The van der Waals surface area contributed by atoms with Crippen LogP contribution in [-0.4, -0.2) is 11.8 Å². The minimum atomic E-state index is -0.00191. The number of anilines is 2. The van der Waals surface area contributed by atoms with E-state index in [2.05, 4.69) is 29.7 Å². The number of fused-ring (bicyclic) bond motifs is 1. The molecule has 1 aliphatic heterocycles. The highest BCUT2D eigenvalue weighted by Gasteiger charge is 2.19. The van der Waals surface area contributed by atoms with Gasteiger partial charge in [-0.1, -0.05) is 37.3 Å². The molecule has 23 heavy (non-hydrogen) atoms. The highest BCUT2D eigenvalue weighted by molar-refractivity contribution is 6.00. The zero-order valence-electron chi connectivity index (χ0n) is 13.1. The second kappa shape index (κ2) is 6.65. The van der Waals surface area contributed by atoms with E-state index in [0.717, 1.165) is 23.4 Å². The molecule has 2 amide bonds. The zero-order valence-corrected chi connectivity index (χ0v) is 13.1. The molecule has 1 aliphatic rings. The number of nitrogens with one attached hydrogen (secondary N) is 2. The van der Waals surface area contributed by atoms with Crippen molar-refractivity contribution in [2.24, 2.45) is 0 Å². The molecule has 0 saturated carbocycles. The van der Waals surface area contributed by atoms with Crippen LogP contribution in [0.1, 0.15) is 36.8 Å². The molecule has 0 radical (unpaired) electrons. The van der Waals surface area contributed by atoms with Gasteiger partial charge in [0.15, 0.2) is 0 Å². The molecule has 2 N–H and O–H groups in total. The first-order chi connectivity index (χ1) is 11.2. The number of amides is 2. The molecule has 1 atom stereocenters. The summed E-state index contributed by atoms with van der Waals surface area (Å²) in [4.78, 5) is 23.7. The smallest absolute Gasteiger partial charge is 0.228 e. The van der Waals surface area contributed by atoms with Crippen LogP contribution < -0.4 is 10.6 Å². The molecule has 0 bridgehead atoms. The Hall–Kier alpha value is -2.62. The minimum absolute atomic E-state index is 0.00130. The summed E-state index contributed by atoms with van der Waals surface area (Å²) in [5.41, 5.74) is 3.70. The third kappa shape index (κ3) is 3.59. The molecule has 0 aromatic heterocycles. The van der Waals surface area contributed by atoms with Crippen LogP contribution in [0, 0.1) is 0 Å². The molecule has 1 heterocycles. The molecule has 118 valence electrons. The average Bonchev–Trinajstić information content (AvgIpc) is 2.92. The number of benzene rings is 2. The van der Waals surface area contributed by atoms with E-state index in [0.29, 0.717) is 12.8 Å². The van der Waals surface area contributed by atoms with Crippen LogP contribution in [0.25, 0.3) is 0 Å². The third-order valence-corrected chi connectivity index (χ3v) is 4.21. The third-order valence-electron chi connectivity index (χ3n) is 4.21. The van der Waals surface area contributed by atoms with Gasteiger partial charge >= 0.3 is 0 Å². The molecule has 0 unspecified atom stereocenters. The fourth-order valence-corrected chi connectivity index (χ4v) is 2.97. The van der Waals surface area contributed by atoms with Crippen LogP contribution in [0.5, 0.6) is 0 Å². The Bertz CT molecular complexity index is 725. The van der Waals surface area contributed by atoms with Gasteiger partial charge in [-0.25, -0.2) is 0 Å². The average molecular weight is 308 g/mol. The van der Waals surface area contributed by atoms with Gasteiger partial charge in [-0.15, -0.1) is 0 Å². The van der Waals surface area contributed by atoms with E-state index in [1.165, 1.54) is 5.56 Å². The lowest BCUT2D eigenvalue weighted by atomic mass is 9.93. The summed E-state index contributed by atoms with van der Waals surface area (Å²) in [5.74, 6) is 0.213. The largest absolute Gasteiger partial charge is 0.326 e. The van der Waals surface area contributed by atoms with Crippen LogP contribution in [0.3, 0.4) is 0 Å². The fourth-order valence-electron chi connectivity index (χ4n) is 2.97. The quantitative estimate of drug-likeness (QED) is 0.884. The molecular weight excluding hydrogens is 288 g/mol. The summed E-state index contributed by atoms with van der Waals surface area (Å²) in [5, 5.41) is 5.73. The van der Waals surface area contributed by atoms with Crippen molar-refractivity contribution in [1.82, 2.24) is 0 Å². The van der Waals surface area contributed by atoms with Gasteiger partial charge in [0.25, 0.3) is 0 Å². The van der Waals surface area contributed by atoms with Crippen molar-refractivity contribution in [3.63, 3.8) is 0 Å². The first-order valence-corrected chi connectivity index (χ1v) is 7.93. The Morgan fingerprint density at radius 3 is 2.74 bits per heavy atom. The molecule has 2 aromatic carbocycles. The summed E-state index contributed by atoms with van der Waals surface area (Å²) < 4.78 is 0. The van der Waals surface area contributed by atoms with Crippen LogP contribution in [0.2, 0.25) is 0 Å². The van der Waals surface area contributed by atoms with Gasteiger partial charge in [-0.3, -0.25) is 9.59 Å². The predicted octanol–water partition coefficient (Wildman–Crippen LogP) is 3.70. The van der Waals surface area contributed by atoms with Gasteiger partial charge in [0.2, 0.25) is 11.8 Å². The maximum absolute atomic E-state index is 12.3. The summed E-state index contributed by atoms with van der Waals surface area (Å²) in [6.07, 6.45) is 1.75. The summed E-state index contributed by atoms with van der Waals surface area (Å²) in [6, 6.07) is 15.6. The second-order valence-corrected chi connectivity index (χ2v) is 5.87. The zero-order chi connectivity index (χ0) is 16.2. The highest BCUT2D eigenvalue weighted by atomic mass is 16.2. The molecule has 0 aliphatic carbocycles. The van der Waals surface area contributed by atoms with E-state index in [1.807, 2.05) is 36.4 Å². The molecule has 2 aromatic rings. The van der Waals surface area contributed by atoms with Crippen LogP contribution in [0.4, 0.5) is 11.4 Å². The highest BCUT2D eigenvalue weighted by Crippen LogP contribution is 2.27. The minimum Gasteiger partial charge on any atom is -0.326 e. The van der Waals surface area contributed by atoms with Crippen molar-refractivity contribution >= 4 is 23.2 Å². The molecule has 0 fully saturated rings. The van der Waals surface area contributed by atoms with Gasteiger partial charge in [0.1, 0.15) is 0 Å². The molecule has 4 heteroatoms. The van der Waals surface area contributed by atoms with Crippen molar-refractivity contribution in [1.29, 1.82) is 0 Å². The number of rotatable bonds is 5. The Morgan fingerprint density at radius 1 is 1.22 bits per heavy atom. The fraction of sp³-hybridized carbons (Fsp3) is 0.263. The van der Waals surface area contributed by atoms with Crippen LogP contribution in [-0.2, 0) is 16.0 Å². The van der Waals surface area contributed by atoms with Gasteiger partial charge in [-0.2, -0.15) is 0 Å². The van der Waals surface area contributed by atoms with E-state index in [9.17, 15) is 9.59 Å². The van der Waals surface area contributed by atoms with Gasteiger partial charge in [-0.05, 0) is 41.7 Å². The van der Waals surface area contributed by atoms with Crippen molar-refractivity contribution in [2.75, 3.05) is 10.6 Å². The van der Waals surface area contributed by atoms with E-state index in [1.54, 1.807) is 0 Å². The SMILES string of the molecule is CC[C@@H](CC(=O)Nc1ccc2c(c1)CC(=O)N2)c1ccccc1. The van der Waals surface area contributed by atoms with Crippen LogP contribution in [0.15, 0.2) is 48.5 Å². The molecule has 4 nitrogen and oxygen atoms in total. The second-order valence-electron chi connectivity index (χ2n) is 5.87. The number of hydrogen-bond acceptors (Lipinski definition) is 2. The number of hydrogen-bond donors (Lipinski definition) is 2. The number of carbonyl (C=O) groups excluding carboxylic acids is 2. The van der Waals surface area contributed by atoms with Gasteiger partial charge < -0.3 is 10.6 Å².